The van der Waals surface area contributed by atoms with Crippen molar-refractivity contribution >= 4 is 23.0 Å². The van der Waals surface area contributed by atoms with Crippen molar-refractivity contribution in [2.75, 3.05) is 18.6 Å². The Labute approximate surface area is 128 Å². The van der Waals surface area contributed by atoms with Gasteiger partial charge in [0.2, 0.25) is 0 Å². The molecule has 2 heterocycles. The van der Waals surface area contributed by atoms with Gasteiger partial charge in [-0.15, -0.1) is 11.3 Å². The lowest BCUT2D eigenvalue weighted by Gasteiger charge is -2.27. The zero-order valence-corrected chi connectivity index (χ0v) is 13.1. The smallest absolute Gasteiger partial charge is 0.196 e. The molecular formula is C16H19N3OS. The van der Waals surface area contributed by atoms with E-state index >= 15 is 0 Å². The Kier molecular flexibility index (Phi) is 3.84. The van der Waals surface area contributed by atoms with Crippen molar-refractivity contribution in [3.05, 3.63) is 46.2 Å². The van der Waals surface area contributed by atoms with Gasteiger partial charge in [-0.3, -0.25) is 9.89 Å². The highest BCUT2D eigenvalue weighted by Gasteiger charge is 2.31. The molecule has 0 saturated heterocycles. The molecule has 2 aromatic rings. The maximum atomic E-state index is 6.13. The van der Waals surface area contributed by atoms with Crippen LogP contribution in [-0.4, -0.2) is 19.6 Å². The fraction of sp³-hybridized carbons (Fsp3) is 0.312. The maximum Gasteiger partial charge on any atom is 0.196 e. The second-order valence-corrected chi connectivity index (χ2v) is 6.11. The van der Waals surface area contributed by atoms with E-state index in [1.807, 2.05) is 35.6 Å². The van der Waals surface area contributed by atoms with Gasteiger partial charge in [-0.1, -0.05) is 19.1 Å². The molecule has 3 rings (SSSR count). The summed E-state index contributed by atoms with van der Waals surface area (Å²) >= 11 is 1.83. The monoisotopic (exact) mass is 301 g/mol. The van der Waals surface area contributed by atoms with Gasteiger partial charge in [0.15, 0.2) is 5.96 Å². The van der Waals surface area contributed by atoms with Crippen LogP contribution in [0.2, 0.25) is 0 Å². The van der Waals surface area contributed by atoms with Gasteiger partial charge in [0.05, 0.1) is 25.4 Å². The fourth-order valence-electron chi connectivity index (χ4n) is 2.60. The lowest BCUT2D eigenvalue weighted by Crippen LogP contribution is -2.36. The summed E-state index contributed by atoms with van der Waals surface area (Å²) in [7, 11) is 1.68. The van der Waals surface area contributed by atoms with E-state index in [1.165, 1.54) is 9.75 Å². The van der Waals surface area contributed by atoms with Crippen LogP contribution in [-0.2, 0) is 6.42 Å². The lowest BCUT2D eigenvalue weighted by molar-refractivity contribution is 0.415. The van der Waals surface area contributed by atoms with Gasteiger partial charge >= 0.3 is 0 Å². The Hall–Kier alpha value is -2.01. The predicted octanol–water partition coefficient (Wildman–Crippen LogP) is 3.20. The Morgan fingerprint density at radius 1 is 1.33 bits per heavy atom. The van der Waals surface area contributed by atoms with Gasteiger partial charge in [-0.05, 0) is 30.7 Å². The molecule has 0 saturated carbocycles. The van der Waals surface area contributed by atoms with Gasteiger partial charge < -0.3 is 10.5 Å². The number of nitrogens with two attached hydrogens (primary N) is 1. The molecule has 110 valence electrons. The highest BCUT2D eigenvalue weighted by Crippen LogP contribution is 2.38. The first-order valence-corrected chi connectivity index (χ1v) is 7.87. The number of guanidine groups is 1. The molecule has 5 heteroatoms. The molecule has 0 amide bonds. The summed E-state index contributed by atoms with van der Waals surface area (Å²) in [4.78, 5) is 9.19. The van der Waals surface area contributed by atoms with Crippen LogP contribution < -0.4 is 15.4 Å². The average molecular weight is 301 g/mol. The largest absolute Gasteiger partial charge is 0.495 e. The Morgan fingerprint density at radius 3 is 2.86 bits per heavy atom. The molecule has 1 atom stereocenters. The normalized spacial score (nSPS) is 17.9. The molecule has 0 fully saturated rings. The molecule has 0 bridgehead atoms. The molecule has 21 heavy (non-hydrogen) atoms. The van der Waals surface area contributed by atoms with Crippen molar-refractivity contribution in [2.24, 2.45) is 10.7 Å². The summed E-state index contributed by atoms with van der Waals surface area (Å²) in [5.41, 5.74) is 7.09. The molecule has 1 aliphatic rings. The van der Waals surface area contributed by atoms with Crippen molar-refractivity contribution in [3.8, 4) is 5.75 Å². The van der Waals surface area contributed by atoms with Crippen LogP contribution in [0.3, 0.4) is 0 Å². The lowest BCUT2D eigenvalue weighted by atomic mass is 10.2. The topological polar surface area (TPSA) is 50.8 Å². The molecule has 4 nitrogen and oxygen atoms in total. The van der Waals surface area contributed by atoms with Crippen molar-refractivity contribution in [1.82, 2.24) is 0 Å². The first kappa shape index (κ1) is 13.9. The number of anilines is 1. The summed E-state index contributed by atoms with van der Waals surface area (Å²) in [6, 6.07) is 12.5. The number of thiophene rings is 1. The molecule has 0 spiro atoms. The van der Waals surface area contributed by atoms with Gasteiger partial charge in [-0.25, -0.2) is 0 Å². The van der Waals surface area contributed by atoms with E-state index in [4.69, 9.17) is 10.5 Å². The number of hydrogen-bond acceptors (Lipinski definition) is 5. The summed E-state index contributed by atoms with van der Waals surface area (Å²) in [6.45, 7) is 2.86. The number of methoxy groups -OCH3 is 1. The molecule has 1 aromatic heterocycles. The average Bonchev–Trinajstić information content (AvgIpc) is 3.13. The van der Waals surface area contributed by atoms with E-state index in [-0.39, 0.29) is 6.04 Å². The number of hydrogen-bond donors (Lipinski definition) is 1. The zero-order chi connectivity index (χ0) is 14.8. The third-order valence-corrected chi connectivity index (χ3v) is 5.02. The minimum Gasteiger partial charge on any atom is -0.495 e. The number of benzene rings is 1. The number of rotatable bonds is 4. The summed E-state index contributed by atoms with van der Waals surface area (Å²) in [5.74, 6) is 1.37. The molecular weight excluding hydrogens is 282 g/mol. The van der Waals surface area contributed by atoms with Crippen LogP contribution in [0.1, 0.15) is 22.7 Å². The molecule has 0 aliphatic carbocycles. The first-order chi connectivity index (χ1) is 10.2. The molecule has 1 aliphatic heterocycles. The highest BCUT2D eigenvalue weighted by molar-refractivity contribution is 7.12. The molecule has 1 unspecified atom stereocenters. The third kappa shape index (κ3) is 2.49. The number of ether oxygens (including phenoxy) is 1. The van der Waals surface area contributed by atoms with E-state index < -0.39 is 0 Å². The van der Waals surface area contributed by atoms with E-state index in [0.717, 1.165) is 17.9 Å². The quantitative estimate of drug-likeness (QED) is 0.943. The standard InChI is InChI=1S/C16H19N3OS/c1-3-11-8-9-15(21-11)13-10-18-16(17)19(13)12-6-4-5-7-14(12)20-2/h4-9,13H,3,10H2,1-2H3,(H2,17,18). The van der Waals surface area contributed by atoms with Gasteiger partial charge in [-0.2, -0.15) is 0 Å². The van der Waals surface area contributed by atoms with E-state index in [2.05, 4.69) is 28.9 Å². The Morgan fingerprint density at radius 2 is 2.14 bits per heavy atom. The molecule has 0 radical (unpaired) electrons. The first-order valence-electron chi connectivity index (χ1n) is 7.05. The number of para-hydroxylation sites is 2. The second kappa shape index (κ2) is 5.77. The van der Waals surface area contributed by atoms with E-state index in [1.54, 1.807) is 7.11 Å². The van der Waals surface area contributed by atoms with Crippen molar-refractivity contribution in [1.29, 1.82) is 0 Å². The SMILES string of the molecule is CCc1ccc(C2CN=C(N)N2c2ccccc2OC)s1. The van der Waals surface area contributed by atoms with Crippen molar-refractivity contribution < 1.29 is 4.74 Å². The van der Waals surface area contributed by atoms with Gasteiger partial charge in [0, 0.05) is 9.75 Å². The number of aliphatic imine (C=N–C) groups is 1. The van der Waals surface area contributed by atoms with Crippen LogP contribution in [0.4, 0.5) is 5.69 Å². The van der Waals surface area contributed by atoms with E-state index in [0.29, 0.717) is 12.5 Å². The Bertz CT molecular complexity index is 665. The summed E-state index contributed by atoms with van der Waals surface area (Å²) < 4.78 is 5.47. The minimum atomic E-state index is 0.159. The van der Waals surface area contributed by atoms with Gasteiger partial charge in [0.25, 0.3) is 0 Å². The van der Waals surface area contributed by atoms with Crippen LogP contribution in [0.15, 0.2) is 41.4 Å². The molecule has 1 aromatic carbocycles. The van der Waals surface area contributed by atoms with Crippen LogP contribution >= 0.6 is 11.3 Å². The second-order valence-electron chi connectivity index (χ2n) is 4.91. The van der Waals surface area contributed by atoms with E-state index in [9.17, 15) is 0 Å². The summed E-state index contributed by atoms with van der Waals surface area (Å²) in [5, 5.41) is 0. The summed E-state index contributed by atoms with van der Waals surface area (Å²) in [6.07, 6.45) is 1.06. The number of nitrogens with zero attached hydrogens (tertiary/aromatic N) is 2. The minimum absolute atomic E-state index is 0.159. The third-order valence-electron chi connectivity index (χ3n) is 3.69. The Balaban J connectivity index is 1.99. The zero-order valence-electron chi connectivity index (χ0n) is 12.2. The molecule has 2 N–H and O–H groups in total. The van der Waals surface area contributed by atoms with Crippen molar-refractivity contribution in [3.63, 3.8) is 0 Å². The van der Waals surface area contributed by atoms with Crippen molar-refractivity contribution in [2.45, 2.75) is 19.4 Å². The van der Waals surface area contributed by atoms with Gasteiger partial charge in [0.1, 0.15) is 5.75 Å². The van der Waals surface area contributed by atoms with Crippen LogP contribution in [0, 0.1) is 0 Å². The fourth-order valence-corrected chi connectivity index (χ4v) is 3.63. The highest BCUT2D eigenvalue weighted by atomic mass is 32.1. The van der Waals surface area contributed by atoms with Crippen LogP contribution in [0.25, 0.3) is 0 Å². The van der Waals surface area contributed by atoms with Crippen LogP contribution in [0.5, 0.6) is 5.75 Å². The predicted molar refractivity (Wildman–Crippen MR) is 88.4 cm³/mol. The maximum absolute atomic E-state index is 6.13. The number of aryl methyl sites for hydroxylation is 1.